The largest absolute Gasteiger partial charge is 0.348 e. The Balaban J connectivity index is 2.02. The quantitative estimate of drug-likeness (QED) is 0.853. The van der Waals surface area contributed by atoms with Crippen molar-refractivity contribution in [1.29, 1.82) is 0 Å². The van der Waals surface area contributed by atoms with Crippen molar-refractivity contribution in [1.82, 2.24) is 5.32 Å². The van der Waals surface area contributed by atoms with E-state index >= 15 is 0 Å². The Hall–Kier alpha value is -1.87. The summed E-state index contributed by atoms with van der Waals surface area (Å²) in [6.07, 6.45) is 0. The van der Waals surface area contributed by atoms with Gasteiger partial charge >= 0.3 is 0 Å². The molecule has 0 heterocycles. The zero-order valence-corrected chi connectivity index (χ0v) is 11.9. The minimum Gasteiger partial charge on any atom is -0.348 e. The molecule has 2 rings (SSSR count). The molecule has 0 fully saturated rings. The molecule has 0 aliphatic heterocycles. The van der Waals surface area contributed by atoms with E-state index in [2.05, 4.69) is 5.32 Å². The number of amides is 1. The van der Waals surface area contributed by atoms with E-state index in [-0.39, 0.29) is 11.7 Å². The number of hydrogen-bond donors (Lipinski definition) is 1. The van der Waals surface area contributed by atoms with Crippen LogP contribution in [0.1, 0.15) is 27.0 Å². The molecule has 2 aromatic carbocycles. The van der Waals surface area contributed by atoms with Gasteiger partial charge in [-0.1, -0.05) is 24.3 Å². The summed E-state index contributed by atoms with van der Waals surface area (Å²) < 4.78 is 13.2. The van der Waals surface area contributed by atoms with E-state index in [9.17, 15) is 9.18 Å². The highest BCUT2D eigenvalue weighted by Crippen LogP contribution is 2.10. The van der Waals surface area contributed by atoms with Gasteiger partial charge in [0.25, 0.3) is 5.91 Å². The number of hydrogen-bond acceptors (Lipinski definition) is 1. The highest BCUT2D eigenvalue weighted by Gasteiger charge is 2.07. The highest BCUT2D eigenvalue weighted by atomic mass is 35.5. The molecule has 0 aliphatic carbocycles. The first-order valence-corrected chi connectivity index (χ1v) is 6.81. The van der Waals surface area contributed by atoms with Crippen LogP contribution in [0.15, 0.2) is 42.5 Å². The summed E-state index contributed by atoms with van der Waals surface area (Å²) >= 11 is 5.77. The summed E-state index contributed by atoms with van der Waals surface area (Å²) in [5.74, 6) is -0.0837. The molecular weight excluding hydrogens is 277 g/mol. The second-order valence-corrected chi connectivity index (χ2v) is 4.87. The molecule has 0 radical (unpaired) electrons. The van der Waals surface area contributed by atoms with E-state index in [0.717, 1.165) is 11.1 Å². The van der Waals surface area contributed by atoms with Crippen LogP contribution in [-0.4, -0.2) is 5.91 Å². The molecule has 0 saturated carbocycles. The van der Waals surface area contributed by atoms with Gasteiger partial charge in [0.05, 0.1) is 0 Å². The summed E-state index contributed by atoms with van der Waals surface area (Å²) in [7, 11) is 0. The van der Waals surface area contributed by atoms with Crippen LogP contribution in [0.2, 0.25) is 0 Å². The highest BCUT2D eigenvalue weighted by molar-refractivity contribution is 6.17. The third-order valence-corrected chi connectivity index (χ3v) is 3.33. The van der Waals surface area contributed by atoms with E-state index in [0.29, 0.717) is 23.6 Å². The van der Waals surface area contributed by atoms with Crippen molar-refractivity contribution in [2.24, 2.45) is 0 Å². The summed E-state index contributed by atoms with van der Waals surface area (Å²) in [4.78, 5) is 12.0. The lowest BCUT2D eigenvalue weighted by Crippen LogP contribution is -2.23. The molecule has 0 bridgehead atoms. The third kappa shape index (κ3) is 3.58. The second kappa shape index (κ2) is 6.53. The maximum atomic E-state index is 13.2. The summed E-state index contributed by atoms with van der Waals surface area (Å²) in [6.45, 7) is 2.05. The molecular formula is C16H15ClFNO. The van der Waals surface area contributed by atoms with Crippen LogP contribution in [0, 0.1) is 12.7 Å². The van der Waals surface area contributed by atoms with Crippen molar-refractivity contribution in [2.75, 3.05) is 0 Å². The zero-order chi connectivity index (χ0) is 14.5. The van der Waals surface area contributed by atoms with Gasteiger partial charge in [0.15, 0.2) is 0 Å². The Morgan fingerprint density at radius 2 is 1.95 bits per heavy atom. The SMILES string of the molecule is Cc1cc(C(=O)NCc2cccc(CCl)c2)ccc1F. The average Bonchev–Trinajstić information content (AvgIpc) is 2.47. The topological polar surface area (TPSA) is 29.1 Å². The molecule has 0 aromatic heterocycles. The molecule has 4 heteroatoms. The monoisotopic (exact) mass is 291 g/mol. The lowest BCUT2D eigenvalue weighted by Gasteiger charge is -2.07. The van der Waals surface area contributed by atoms with Crippen molar-refractivity contribution in [3.63, 3.8) is 0 Å². The zero-order valence-electron chi connectivity index (χ0n) is 11.1. The Labute approximate surface area is 122 Å². The van der Waals surface area contributed by atoms with E-state index in [1.807, 2.05) is 24.3 Å². The number of nitrogens with one attached hydrogen (secondary N) is 1. The second-order valence-electron chi connectivity index (χ2n) is 4.60. The van der Waals surface area contributed by atoms with Crippen molar-refractivity contribution < 1.29 is 9.18 Å². The van der Waals surface area contributed by atoms with Crippen molar-refractivity contribution in [3.05, 3.63) is 70.5 Å². The van der Waals surface area contributed by atoms with Crippen LogP contribution < -0.4 is 5.32 Å². The number of carbonyl (C=O) groups is 1. The summed E-state index contributed by atoms with van der Waals surface area (Å²) in [6, 6.07) is 12.0. The Bertz CT molecular complexity index is 628. The van der Waals surface area contributed by atoms with Gasteiger partial charge in [0.1, 0.15) is 5.82 Å². The lowest BCUT2D eigenvalue weighted by atomic mass is 10.1. The number of alkyl halides is 1. The number of halogens is 2. The Morgan fingerprint density at radius 1 is 1.20 bits per heavy atom. The van der Waals surface area contributed by atoms with Crippen molar-refractivity contribution >= 4 is 17.5 Å². The third-order valence-electron chi connectivity index (χ3n) is 3.02. The minimum atomic E-state index is -0.309. The Kier molecular flexibility index (Phi) is 4.74. The van der Waals surface area contributed by atoms with Gasteiger partial charge in [-0.05, 0) is 41.8 Å². The van der Waals surface area contributed by atoms with Crippen molar-refractivity contribution in [3.8, 4) is 0 Å². The molecule has 0 atom stereocenters. The molecule has 0 saturated heterocycles. The van der Waals surface area contributed by atoms with E-state index in [1.165, 1.54) is 12.1 Å². The fourth-order valence-corrected chi connectivity index (χ4v) is 2.06. The van der Waals surface area contributed by atoms with Crippen LogP contribution in [0.25, 0.3) is 0 Å². The summed E-state index contributed by atoms with van der Waals surface area (Å²) in [5, 5.41) is 2.81. The predicted molar refractivity (Wildman–Crippen MR) is 78.3 cm³/mol. The van der Waals surface area contributed by atoms with Gasteiger partial charge in [-0.25, -0.2) is 4.39 Å². The van der Waals surface area contributed by atoms with Gasteiger partial charge < -0.3 is 5.32 Å². The van der Waals surface area contributed by atoms with Crippen molar-refractivity contribution in [2.45, 2.75) is 19.3 Å². The predicted octanol–water partition coefficient (Wildman–Crippen LogP) is 3.80. The normalized spacial score (nSPS) is 10.3. The lowest BCUT2D eigenvalue weighted by molar-refractivity contribution is 0.0951. The first kappa shape index (κ1) is 14.5. The van der Waals surface area contributed by atoms with E-state index in [4.69, 9.17) is 11.6 Å². The molecule has 0 aliphatic rings. The molecule has 1 amide bonds. The Morgan fingerprint density at radius 3 is 2.65 bits per heavy atom. The summed E-state index contributed by atoms with van der Waals surface area (Å²) in [5.41, 5.74) is 2.91. The molecule has 1 N–H and O–H groups in total. The molecule has 2 aromatic rings. The van der Waals surface area contributed by atoms with Crippen LogP contribution in [0.4, 0.5) is 4.39 Å². The molecule has 2 nitrogen and oxygen atoms in total. The number of carbonyl (C=O) groups excluding carboxylic acids is 1. The van der Waals surface area contributed by atoms with Gasteiger partial charge in [0.2, 0.25) is 0 Å². The average molecular weight is 292 g/mol. The van der Waals surface area contributed by atoms with Gasteiger partial charge in [-0.3, -0.25) is 4.79 Å². The first-order valence-electron chi connectivity index (χ1n) is 6.28. The molecule has 104 valence electrons. The van der Waals surface area contributed by atoms with Gasteiger partial charge in [-0.2, -0.15) is 0 Å². The minimum absolute atomic E-state index is 0.218. The fraction of sp³-hybridized carbons (Fsp3) is 0.188. The standard InChI is InChI=1S/C16H15ClFNO/c1-11-7-14(5-6-15(11)18)16(20)19-10-13-4-2-3-12(8-13)9-17/h2-8H,9-10H2,1H3,(H,19,20). The molecule has 0 unspecified atom stereocenters. The maximum Gasteiger partial charge on any atom is 0.251 e. The number of aryl methyl sites for hydroxylation is 1. The van der Waals surface area contributed by atoms with Gasteiger partial charge in [0, 0.05) is 18.0 Å². The maximum absolute atomic E-state index is 13.2. The van der Waals surface area contributed by atoms with Crippen LogP contribution in [0.5, 0.6) is 0 Å². The van der Waals surface area contributed by atoms with Crippen LogP contribution in [0.3, 0.4) is 0 Å². The van der Waals surface area contributed by atoms with Crippen LogP contribution >= 0.6 is 11.6 Å². The first-order chi connectivity index (χ1) is 9.60. The van der Waals surface area contributed by atoms with Gasteiger partial charge in [-0.15, -0.1) is 11.6 Å². The van der Waals surface area contributed by atoms with E-state index < -0.39 is 0 Å². The van der Waals surface area contributed by atoms with Crippen LogP contribution in [-0.2, 0) is 12.4 Å². The number of benzene rings is 2. The molecule has 0 spiro atoms. The van der Waals surface area contributed by atoms with E-state index in [1.54, 1.807) is 13.0 Å². The fourth-order valence-electron chi connectivity index (χ4n) is 1.89. The number of rotatable bonds is 4. The molecule has 20 heavy (non-hydrogen) atoms. The smallest absolute Gasteiger partial charge is 0.251 e.